The van der Waals surface area contributed by atoms with Crippen molar-refractivity contribution < 1.29 is 43.7 Å². The maximum Gasteiger partial charge on any atom is 0.673 e. The maximum absolute atomic E-state index is 9.75. The Morgan fingerprint density at radius 3 is 1.81 bits per heavy atom. The van der Waals surface area contributed by atoms with E-state index >= 15 is 0 Å². The fourth-order valence-electron chi connectivity index (χ4n) is 3.46. The van der Waals surface area contributed by atoms with Crippen molar-refractivity contribution >= 4 is 25.9 Å². The van der Waals surface area contributed by atoms with Gasteiger partial charge in [0, 0.05) is 30.2 Å². The topological polar surface area (TPSA) is 6.89 Å². The van der Waals surface area contributed by atoms with Gasteiger partial charge in [0.05, 0.1) is 5.41 Å². The highest BCUT2D eigenvalue weighted by atomic mass is 19.5. The molecule has 2 nitrogen and oxygen atoms in total. The largest absolute Gasteiger partial charge is 0.673 e. The average Bonchev–Trinajstić information content (AvgIpc) is 2.84. The molecular formula is C20H26B2F8N2. The quantitative estimate of drug-likeness (QED) is 0.270. The van der Waals surface area contributed by atoms with E-state index in [9.17, 15) is 34.5 Å². The number of fused-ring (bicyclic) bond motifs is 1. The van der Waals surface area contributed by atoms with Gasteiger partial charge in [-0.3, -0.25) is 0 Å². The van der Waals surface area contributed by atoms with Crippen LogP contribution in [0.4, 0.5) is 40.2 Å². The van der Waals surface area contributed by atoms with Crippen LogP contribution in [0.1, 0.15) is 40.2 Å². The summed E-state index contributed by atoms with van der Waals surface area (Å²) in [5, 5.41) is 0. The number of nitrogens with zero attached hydrogens (tertiary/aromatic N) is 2. The lowest BCUT2D eigenvalue weighted by molar-refractivity contribution is -0.693. The molecule has 0 amide bonds. The van der Waals surface area contributed by atoms with Gasteiger partial charge >= 0.3 is 14.5 Å². The lowest BCUT2D eigenvalue weighted by Gasteiger charge is -2.15. The molecule has 0 N–H and O–H groups in total. The summed E-state index contributed by atoms with van der Waals surface area (Å²) in [6.45, 7) is 13.4. The number of aromatic nitrogens is 1. The fourth-order valence-corrected chi connectivity index (χ4v) is 3.46. The van der Waals surface area contributed by atoms with E-state index in [2.05, 4.69) is 86.5 Å². The van der Waals surface area contributed by atoms with Crippen LogP contribution in [0, 0.1) is 0 Å². The summed E-state index contributed by atoms with van der Waals surface area (Å²) >= 11 is 0. The molecule has 1 aliphatic heterocycles. The zero-order valence-electron chi connectivity index (χ0n) is 18.5. The van der Waals surface area contributed by atoms with Gasteiger partial charge < -0.3 is 34.5 Å². The number of hydrogen-bond acceptors (Lipinski definition) is 0. The van der Waals surface area contributed by atoms with E-state index in [1.165, 1.54) is 28.1 Å². The summed E-state index contributed by atoms with van der Waals surface area (Å²) in [4.78, 5) is 0. The normalized spacial score (nSPS) is 14.8. The molecule has 0 atom stereocenters. The number of benzene rings is 1. The Kier molecular flexibility index (Phi) is 9.06. The third-order valence-electron chi connectivity index (χ3n) is 5.14. The van der Waals surface area contributed by atoms with Crippen LogP contribution in [0.3, 0.4) is 0 Å². The molecule has 0 fully saturated rings. The zero-order valence-corrected chi connectivity index (χ0v) is 18.5. The summed E-state index contributed by atoms with van der Waals surface area (Å²) in [7, 11) is -12.0. The van der Waals surface area contributed by atoms with Crippen molar-refractivity contribution in [2.24, 2.45) is 0 Å². The third-order valence-corrected chi connectivity index (χ3v) is 5.14. The Bertz CT molecular complexity index is 929. The number of aryl methyl sites for hydroxylation is 1. The van der Waals surface area contributed by atoms with E-state index < -0.39 is 14.5 Å². The Labute approximate surface area is 182 Å². The minimum Gasteiger partial charge on any atom is -0.418 e. The molecule has 0 bridgehead atoms. The third kappa shape index (κ3) is 8.27. The van der Waals surface area contributed by atoms with Gasteiger partial charge in [-0.1, -0.05) is 0 Å². The molecule has 32 heavy (non-hydrogen) atoms. The SMILES string of the molecule is CC[N+]1=C(C)C(C)(C)c2cc(-c3ccc[n+](CC)c3)ccc21.F[B-](F)(F)F.F[B-](F)(F)F. The number of halogens is 8. The lowest BCUT2D eigenvalue weighted by Crippen LogP contribution is -2.30. The van der Waals surface area contributed by atoms with Gasteiger partial charge in [0.1, 0.15) is 13.1 Å². The molecule has 178 valence electrons. The van der Waals surface area contributed by atoms with Crippen molar-refractivity contribution in [1.82, 2.24) is 0 Å². The van der Waals surface area contributed by atoms with Crippen LogP contribution in [0.25, 0.3) is 11.1 Å². The van der Waals surface area contributed by atoms with Crippen molar-refractivity contribution in [3.63, 3.8) is 0 Å². The molecule has 0 radical (unpaired) electrons. The molecule has 0 spiro atoms. The van der Waals surface area contributed by atoms with Gasteiger partial charge in [-0.05, 0) is 51.5 Å². The summed E-state index contributed by atoms with van der Waals surface area (Å²) in [5.41, 5.74) is 6.95. The molecule has 0 unspecified atom stereocenters. The summed E-state index contributed by atoms with van der Waals surface area (Å²) < 4.78 is 82.7. The first-order valence-electron chi connectivity index (χ1n) is 9.99. The van der Waals surface area contributed by atoms with Gasteiger partial charge in [0.25, 0.3) is 0 Å². The lowest BCUT2D eigenvalue weighted by atomic mass is 9.81. The van der Waals surface area contributed by atoms with Crippen molar-refractivity contribution in [2.75, 3.05) is 6.54 Å². The van der Waals surface area contributed by atoms with Crippen LogP contribution in [0.15, 0.2) is 42.7 Å². The van der Waals surface area contributed by atoms with E-state index in [1.54, 1.807) is 0 Å². The molecule has 0 saturated carbocycles. The molecule has 0 saturated heterocycles. The van der Waals surface area contributed by atoms with Crippen LogP contribution in [0.2, 0.25) is 0 Å². The van der Waals surface area contributed by atoms with Gasteiger partial charge in [-0.25, -0.2) is 4.57 Å². The monoisotopic (exact) mass is 468 g/mol. The standard InChI is InChI=1S/C20H26N2.2BF4/c1-6-21-12-8-9-17(14-21)16-10-11-19-18(13-16)20(4,5)15(3)22(19)7-2;2*2-1(3,4)5/h8-14H,6-7H2,1-5H3;;/q+2;2*-1. The number of pyridine rings is 1. The Hall–Kier alpha value is -2.39. The van der Waals surface area contributed by atoms with Crippen LogP contribution in [0.5, 0.6) is 0 Å². The van der Waals surface area contributed by atoms with E-state index in [-0.39, 0.29) is 5.41 Å². The highest BCUT2D eigenvalue weighted by Gasteiger charge is 2.42. The minimum atomic E-state index is -6.00. The van der Waals surface area contributed by atoms with Crippen LogP contribution >= 0.6 is 0 Å². The van der Waals surface area contributed by atoms with Crippen LogP contribution in [-0.2, 0) is 12.0 Å². The van der Waals surface area contributed by atoms with E-state index in [0.717, 1.165) is 13.1 Å². The van der Waals surface area contributed by atoms with Gasteiger partial charge in [-0.15, -0.1) is 0 Å². The Balaban J connectivity index is 0.000000431. The van der Waals surface area contributed by atoms with Gasteiger partial charge in [-0.2, -0.15) is 4.58 Å². The molecular weight excluding hydrogens is 442 g/mol. The molecule has 12 heteroatoms. The first kappa shape index (κ1) is 27.6. The van der Waals surface area contributed by atoms with E-state index in [4.69, 9.17) is 0 Å². The zero-order chi connectivity index (χ0) is 24.9. The molecule has 1 aromatic carbocycles. The second kappa shape index (κ2) is 10.5. The van der Waals surface area contributed by atoms with Crippen molar-refractivity contribution in [1.29, 1.82) is 0 Å². The smallest absolute Gasteiger partial charge is 0.418 e. The molecule has 1 aliphatic rings. The number of hydrogen-bond donors (Lipinski definition) is 0. The van der Waals surface area contributed by atoms with Crippen molar-refractivity contribution in [3.05, 3.63) is 48.3 Å². The molecule has 3 rings (SSSR count). The Morgan fingerprint density at radius 1 is 0.812 bits per heavy atom. The number of rotatable bonds is 3. The highest BCUT2D eigenvalue weighted by molar-refractivity contribution is 6.50. The van der Waals surface area contributed by atoms with Crippen molar-refractivity contribution in [3.8, 4) is 11.1 Å². The Morgan fingerprint density at radius 2 is 1.34 bits per heavy atom. The van der Waals surface area contributed by atoms with Crippen LogP contribution < -0.4 is 4.57 Å². The first-order chi connectivity index (χ1) is 14.5. The predicted octanol–water partition coefficient (Wildman–Crippen LogP) is 6.68. The summed E-state index contributed by atoms with van der Waals surface area (Å²) in [6, 6.07) is 11.3. The van der Waals surface area contributed by atoms with E-state index in [0.29, 0.717) is 0 Å². The molecule has 0 aliphatic carbocycles. The highest BCUT2D eigenvalue weighted by Crippen LogP contribution is 2.41. The minimum absolute atomic E-state index is 0.108. The second-order valence-electron chi connectivity index (χ2n) is 7.60. The van der Waals surface area contributed by atoms with Crippen molar-refractivity contribution in [2.45, 2.75) is 46.6 Å². The molecule has 1 aromatic heterocycles. The van der Waals surface area contributed by atoms with Crippen LogP contribution in [-0.4, -0.2) is 31.3 Å². The second-order valence-corrected chi connectivity index (χ2v) is 7.60. The molecule has 2 heterocycles. The predicted molar refractivity (Wildman–Crippen MR) is 112 cm³/mol. The summed E-state index contributed by atoms with van der Waals surface area (Å²) in [6.07, 6.45) is 4.36. The maximum atomic E-state index is 9.75. The molecule has 2 aromatic rings. The van der Waals surface area contributed by atoms with E-state index in [1.807, 2.05) is 0 Å². The fraction of sp³-hybridized carbons (Fsp3) is 0.400. The average molecular weight is 468 g/mol. The summed E-state index contributed by atoms with van der Waals surface area (Å²) in [5.74, 6) is 0. The van der Waals surface area contributed by atoms with Gasteiger partial charge in [0.2, 0.25) is 5.69 Å². The first-order valence-corrected chi connectivity index (χ1v) is 9.99. The van der Waals surface area contributed by atoms with Gasteiger partial charge in [0.15, 0.2) is 18.1 Å².